The second kappa shape index (κ2) is 6.72. The zero-order valence-electron chi connectivity index (χ0n) is 14.6. The first-order valence-electron chi connectivity index (χ1n) is 8.57. The molecule has 1 saturated heterocycles. The van der Waals surface area contributed by atoms with E-state index < -0.39 is 0 Å². The molecule has 2 aromatic carbocycles. The zero-order valence-corrected chi connectivity index (χ0v) is 14.6. The predicted octanol–water partition coefficient (Wildman–Crippen LogP) is 4.38. The SMILES string of the molecule is CC(NC(=O)N1CCC(C)(C#N)CC1)c1ccc(F)c2ccccc12. The first kappa shape index (κ1) is 17.2. The van der Waals surface area contributed by atoms with Crippen LogP contribution >= 0.6 is 0 Å². The lowest BCUT2D eigenvalue weighted by Crippen LogP contribution is -2.47. The van der Waals surface area contributed by atoms with Crippen LogP contribution in [0.1, 0.15) is 38.3 Å². The normalized spacial score (nSPS) is 17.8. The number of urea groups is 1. The van der Waals surface area contributed by atoms with Crippen molar-refractivity contribution in [3.63, 3.8) is 0 Å². The third-order valence-electron chi connectivity index (χ3n) is 5.14. The second-order valence-corrected chi connectivity index (χ2v) is 7.01. The van der Waals surface area contributed by atoms with Gasteiger partial charge in [0.2, 0.25) is 0 Å². The maximum atomic E-state index is 14.0. The van der Waals surface area contributed by atoms with Crippen molar-refractivity contribution < 1.29 is 9.18 Å². The van der Waals surface area contributed by atoms with E-state index in [0.717, 1.165) is 10.9 Å². The van der Waals surface area contributed by atoms with Gasteiger partial charge in [-0.15, -0.1) is 0 Å². The number of hydrogen-bond acceptors (Lipinski definition) is 2. The van der Waals surface area contributed by atoms with Gasteiger partial charge in [-0.1, -0.05) is 30.3 Å². The fourth-order valence-electron chi connectivity index (χ4n) is 3.33. The van der Waals surface area contributed by atoms with Crippen LogP contribution in [0.15, 0.2) is 36.4 Å². The third kappa shape index (κ3) is 3.43. The van der Waals surface area contributed by atoms with E-state index in [9.17, 15) is 14.4 Å². The number of carbonyl (C=O) groups excluding carboxylic acids is 1. The topological polar surface area (TPSA) is 56.1 Å². The highest BCUT2D eigenvalue weighted by atomic mass is 19.1. The van der Waals surface area contributed by atoms with Gasteiger partial charge < -0.3 is 10.2 Å². The van der Waals surface area contributed by atoms with E-state index in [1.54, 1.807) is 23.1 Å². The number of nitriles is 1. The Kier molecular flexibility index (Phi) is 4.63. The molecule has 1 atom stereocenters. The Morgan fingerprint density at radius 3 is 2.52 bits per heavy atom. The fraction of sp³-hybridized carbons (Fsp3) is 0.400. The summed E-state index contributed by atoms with van der Waals surface area (Å²) in [6.07, 6.45) is 1.37. The number of amides is 2. The van der Waals surface area contributed by atoms with Crippen molar-refractivity contribution in [2.24, 2.45) is 5.41 Å². The van der Waals surface area contributed by atoms with Gasteiger partial charge in [-0.3, -0.25) is 0 Å². The van der Waals surface area contributed by atoms with Crippen LogP contribution in [0.5, 0.6) is 0 Å². The third-order valence-corrected chi connectivity index (χ3v) is 5.14. The van der Waals surface area contributed by atoms with Gasteiger partial charge in [0.1, 0.15) is 5.82 Å². The van der Waals surface area contributed by atoms with Crippen molar-refractivity contribution in [2.45, 2.75) is 32.7 Å². The molecule has 4 nitrogen and oxygen atoms in total. The highest BCUT2D eigenvalue weighted by Crippen LogP contribution is 2.30. The van der Waals surface area contributed by atoms with Gasteiger partial charge in [-0.25, -0.2) is 9.18 Å². The summed E-state index contributed by atoms with van der Waals surface area (Å²) in [5.74, 6) is -0.260. The molecule has 0 spiro atoms. The van der Waals surface area contributed by atoms with Gasteiger partial charge >= 0.3 is 6.03 Å². The molecule has 0 bridgehead atoms. The van der Waals surface area contributed by atoms with Crippen LogP contribution in [0.3, 0.4) is 0 Å². The fourth-order valence-corrected chi connectivity index (χ4v) is 3.33. The van der Waals surface area contributed by atoms with E-state index in [2.05, 4.69) is 11.4 Å². The number of carbonyl (C=O) groups is 1. The molecule has 0 saturated carbocycles. The summed E-state index contributed by atoms with van der Waals surface area (Å²) in [6, 6.07) is 12.4. The number of halogens is 1. The highest BCUT2D eigenvalue weighted by molar-refractivity contribution is 5.87. The minimum Gasteiger partial charge on any atom is -0.331 e. The van der Waals surface area contributed by atoms with E-state index in [1.165, 1.54) is 6.07 Å². The number of benzene rings is 2. The molecule has 25 heavy (non-hydrogen) atoms. The van der Waals surface area contributed by atoms with Gasteiger partial charge in [-0.05, 0) is 43.7 Å². The Bertz CT molecular complexity index is 834. The van der Waals surface area contributed by atoms with Crippen LogP contribution in [0, 0.1) is 22.6 Å². The smallest absolute Gasteiger partial charge is 0.317 e. The molecule has 1 unspecified atom stereocenters. The molecule has 1 aliphatic heterocycles. The van der Waals surface area contributed by atoms with Crippen molar-refractivity contribution >= 4 is 16.8 Å². The Labute approximate surface area is 147 Å². The molecule has 1 N–H and O–H groups in total. The molecule has 130 valence electrons. The molecule has 1 fully saturated rings. The molecular formula is C20H22FN3O. The lowest BCUT2D eigenvalue weighted by atomic mass is 9.82. The van der Waals surface area contributed by atoms with Crippen molar-refractivity contribution in [3.05, 3.63) is 47.8 Å². The van der Waals surface area contributed by atoms with Crippen molar-refractivity contribution in [3.8, 4) is 6.07 Å². The number of piperidine rings is 1. The average Bonchev–Trinajstić information content (AvgIpc) is 2.62. The van der Waals surface area contributed by atoms with Crippen LogP contribution in [0.25, 0.3) is 10.8 Å². The quantitative estimate of drug-likeness (QED) is 0.883. The first-order valence-corrected chi connectivity index (χ1v) is 8.57. The number of nitrogens with one attached hydrogen (secondary N) is 1. The van der Waals surface area contributed by atoms with E-state index in [1.807, 2.05) is 26.0 Å². The lowest BCUT2D eigenvalue weighted by Gasteiger charge is -2.35. The number of nitrogens with zero attached hydrogens (tertiary/aromatic N) is 2. The van der Waals surface area contributed by atoms with Crippen molar-refractivity contribution in [1.82, 2.24) is 10.2 Å². The Hall–Kier alpha value is -2.61. The van der Waals surface area contributed by atoms with Gasteiger partial charge in [0.15, 0.2) is 0 Å². The standard InChI is InChI=1S/C20H22FN3O/c1-14(15-7-8-18(21)17-6-4-3-5-16(15)17)23-19(25)24-11-9-20(2,13-22)10-12-24/h3-8,14H,9-12H2,1-2H3,(H,23,25). The molecule has 0 radical (unpaired) electrons. The summed E-state index contributed by atoms with van der Waals surface area (Å²) in [6.45, 7) is 5.00. The van der Waals surface area contributed by atoms with Crippen molar-refractivity contribution in [1.29, 1.82) is 5.26 Å². The average molecular weight is 339 g/mol. The van der Waals surface area contributed by atoms with E-state index in [0.29, 0.717) is 31.3 Å². The molecule has 1 aliphatic rings. The number of rotatable bonds is 2. The van der Waals surface area contributed by atoms with Crippen LogP contribution in [-0.4, -0.2) is 24.0 Å². The summed E-state index contributed by atoms with van der Waals surface area (Å²) in [5, 5.41) is 13.6. The van der Waals surface area contributed by atoms with E-state index in [4.69, 9.17) is 0 Å². The zero-order chi connectivity index (χ0) is 18.0. The molecule has 5 heteroatoms. The largest absolute Gasteiger partial charge is 0.331 e. The minimum atomic E-state index is -0.338. The monoisotopic (exact) mass is 339 g/mol. The van der Waals surface area contributed by atoms with Gasteiger partial charge in [0.25, 0.3) is 0 Å². The summed E-state index contributed by atoms with van der Waals surface area (Å²) in [4.78, 5) is 14.3. The highest BCUT2D eigenvalue weighted by Gasteiger charge is 2.32. The Morgan fingerprint density at radius 2 is 1.88 bits per heavy atom. The number of fused-ring (bicyclic) bond motifs is 1. The van der Waals surface area contributed by atoms with E-state index in [-0.39, 0.29) is 23.3 Å². The molecule has 0 aliphatic carbocycles. The van der Waals surface area contributed by atoms with Gasteiger partial charge in [-0.2, -0.15) is 5.26 Å². The predicted molar refractivity (Wildman–Crippen MR) is 95.4 cm³/mol. The maximum absolute atomic E-state index is 14.0. The first-order chi connectivity index (χ1) is 11.9. The minimum absolute atomic E-state index is 0.138. The van der Waals surface area contributed by atoms with Crippen LogP contribution < -0.4 is 5.32 Å². The number of likely N-dealkylation sites (tertiary alicyclic amines) is 1. The summed E-state index contributed by atoms with van der Waals surface area (Å²) in [5.41, 5.74) is 0.555. The summed E-state index contributed by atoms with van der Waals surface area (Å²) in [7, 11) is 0. The number of hydrogen-bond donors (Lipinski definition) is 1. The van der Waals surface area contributed by atoms with Gasteiger partial charge in [0.05, 0.1) is 17.5 Å². The van der Waals surface area contributed by atoms with E-state index >= 15 is 0 Å². The summed E-state index contributed by atoms with van der Waals surface area (Å²) >= 11 is 0. The molecule has 0 aromatic heterocycles. The van der Waals surface area contributed by atoms with Crippen molar-refractivity contribution in [2.75, 3.05) is 13.1 Å². The Balaban J connectivity index is 1.73. The lowest BCUT2D eigenvalue weighted by molar-refractivity contribution is 0.154. The molecular weight excluding hydrogens is 317 g/mol. The van der Waals surface area contributed by atoms with Gasteiger partial charge in [0, 0.05) is 18.5 Å². The van der Waals surface area contributed by atoms with Crippen LogP contribution in [0.4, 0.5) is 9.18 Å². The second-order valence-electron chi connectivity index (χ2n) is 7.01. The maximum Gasteiger partial charge on any atom is 0.317 e. The molecule has 2 aromatic rings. The Morgan fingerprint density at radius 1 is 1.24 bits per heavy atom. The molecule has 2 amide bonds. The summed E-state index contributed by atoms with van der Waals surface area (Å²) < 4.78 is 14.0. The van der Waals surface area contributed by atoms with Crippen LogP contribution in [0.2, 0.25) is 0 Å². The molecule has 3 rings (SSSR count). The molecule has 1 heterocycles. The van der Waals surface area contributed by atoms with Crippen LogP contribution in [-0.2, 0) is 0 Å².